The number of aryl methyl sites for hydroxylation is 2. The maximum atomic E-state index is 13.0. The predicted octanol–water partition coefficient (Wildman–Crippen LogP) is 4.04. The van der Waals surface area contributed by atoms with Crippen LogP contribution in [0, 0.1) is 25.7 Å². The predicted molar refractivity (Wildman–Crippen MR) is 114 cm³/mol. The highest BCUT2D eigenvalue weighted by Gasteiger charge is 2.32. The number of carbonyl (C=O) groups excluding carboxylic acids is 1. The number of amides is 1. The zero-order chi connectivity index (χ0) is 20.7. The first-order chi connectivity index (χ1) is 13.3. The van der Waals surface area contributed by atoms with Gasteiger partial charge in [-0.15, -0.1) is 0 Å². The number of sulfonamides is 1. The number of unbranched alkanes of at least 4 members (excludes halogenated alkanes) is 1. The van der Waals surface area contributed by atoms with Crippen LogP contribution in [-0.4, -0.2) is 38.3 Å². The van der Waals surface area contributed by atoms with Crippen LogP contribution in [-0.2, 0) is 14.8 Å². The van der Waals surface area contributed by atoms with Crippen LogP contribution >= 0.6 is 0 Å². The van der Waals surface area contributed by atoms with E-state index in [0.29, 0.717) is 36.7 Å². The van der Waals surface area contributed by atoms with Gasteiger partial charge in [-0.3, -0.25) is 4.79 Å². The van der Waals surface area contributed by atoms with Gasteiger partial charge in [0.15, 0.2) is 0 Å². The second-order valence-corrected chi connectivity index (χ2v) is 10.0. The second-order valence-electron chi connectivity index (χ2n) is 8.11. The number of rotatable bonds is 9. The minimum absolute atomic E-state index is 0.0820. The number of nitrogens with one attached hydrogen (secondary N) is 1. The molecule has 1 fully saturated rings. The second kappa shape index (κ2) is 10.4. The summed E-state index contributed by atoms with van der Waals surface area (Å²) in [7, 11) is -3.50. The van der Waals surface area contributed by atoms with Crippen LogP contribution in [0.2, 0.25) is 0 Å². The van der Waals surface area contributed by atoms with Gasteiger partial charge in [-0.25, -0.2) is 8.42 Å². The minimum atomic E-state index is -3.50. The molecule has 28 heavy (non-hydrogen) atoms. The molecule has 1 aromatic rings. The largest absolute Gasteiger partial charge is 0.356 e. The lowest BCUT2D eigenvalue weighted by Crippen LogP contribution is -2.43. The first-order valence-electron chi connectivity index (χ1n) is 10.6. The molecule has 1 aromatic carbocycles. The van der Waals surface area contributed by atoms with Crippen LogP contribution < -0.4 is 5.32 Å². The van der Waals surface area contributed by atoms with E-state index in [1.807, 2.05) is 26.0 Å². The number of benzene rings is 1. The van der Waals surface area contributed by atoms with Gasteiger partial charge in [0.05, 0.1) is 4.90 Å². The Hall–Kier alpha value is -1.40. The lowest BCUT2D eigenvalue weighted by molar-refractivity contribution is -0.126. The molecule has 2 rings (SSSR count). The fourth-order valence-electron chi connectivity index (χ4n) is 3.92. The smallest absolute Gasteiger partial charge is 0.243 e. The van der Waals surface area contributed by atoms with Crippen molar-refractivity contribution in [1.82, 2.24) is 9.62 Å². The molecule has 0 spiro atoms. The van der Waals surface area contributed by atoms with Crippen LogP contribution in [0.15, 0.2) is 23.1 Å². The number of nitrogens with zero attached hydrogens (tertiary/aromatic N) is 1. The number of piperidine rings is 1. The van der Waals surface area contributed by atoms with Crippen molar-refractivity contribution < 1.29 is 13.2 Å². The topological polar surface area (TPSA) is 66.5 Å². The average molecular weight is 409 g/mol. The maximum absolute atomic E-state index is 13.0. The Labute approximate surface area is 170 Å². The summed E-state index contributed by atoms with van der Waals surface area (Å²) in [4.78, 5) is 12.9. The molecule has 1 atom stereocenters. The van der Waals surface area contributed by atoms with E-state index in [9.17, 15) is 13.2 Å². The van der Waals surface area contributed by atoms with E-state index in [-0.39, 0.29) is 11.8 Å². The highest BCUT2D eigenvalue weighted by molar-refractivity contribution is 7.89. The van der Waals surface area contributed by atoms with E-state index in [0.717, 1.165) is 30.5 Å². The van der Waals surface area contributed by atoms with Gasteiger partial charge in [0.1, 0.15) is 0 Å². The highest BCUT2D eigenvalue weighted by Crippen LogP contribution is 2.26. The summed E-state index contributed by atoms with van der Waals surface area (Å²) in [5.74, 6) is 0.529. The summed E-state index contributed by atoms with van der Waals surface area (Å²) >= 11 is 0. The summed E-state index contributed by atoms with van der Waals surface area (Å²) in [5.41, 5.74) is 1.83. The highest BCUT2D eigenvalue weighted by atomic mass is 32.2. The summed E-state index contributed by atoms with van der Waals surface area (Å²) in [5, 5.41) is 3.11. The molecule has 1 unspecified atom stereocenters. The third kappa shape index (κ3) is 5.80. The van der Waals surface area contributed by atoms with Crippen molar-refractivity contribution in [1.29, 1.82) is 0 Å². The average Bonchev–Trinajstić information content (AvgIpc) is 2.67. The molecule has 0 radical (unpaired) electrons. The van der Waals surface area contributed by atoms with Gasteiger partial charge in [0.25, 0.3) is 0 Å². The number of hydrogen-bond acceptors (Lipinski definition) is 3. The van der Waals surface area contributed by atoms with Crippen molar-refractivity contribution in [2.24, 2.45) is 11.8 Å². The molecule has 5 nitrogen and oxygen atoms in total. The number of carbonyl (C=O) groups is 1. The van der Waals surface area contributed by atoms with E-state index in [2.05, 4.69) is 19.2 Å². The lowest BCUT2D eigenvalue weighted by atomic mass is 9.95. The van der Waals surface area contributed by atoms with E-state index in [4.69, 9.17) is 0 Å². The molecule has 1 aliphatic rings. The Morgan fingerprint density at radius 1 is 1.21 bits per heavy atom. The van der Waals surface area contributed by atoms with Gasteiger partial charge in [0.2, 0.25) is 15.9 Å². The van der Waals surface area contributed by atoms with Gasteiger partial charge in [-0.1, -0.05) is 50.8 Å². The van der Waals surface area contributed by atoms with Crippen LogP contribution in [0.3, 0.4) is 0 Å². The van der Waals surface area contributed by atoms with Crippen LogP contribution in [0.25, 0.3) is 0 Å². The SMILES string of the molecule is CCCCC(CC)CNC(=O)C1CCN(S(=O)(=O)c2ccc(C)cc2C)CC1. The fraction of sp³-hybridized carbons (Fsp3) is 0.682. The summed E-state index contributed by atoms with van der Waals surface area (Å²) in [6.45, 7) is 9.69. The van der Waals surface area contributed by atoms with E-state index in [1.165, 1.54) is 17.1 Å². The van der Waals surface area contributed by atoms with Crippen molar-refractivity contribution in [3.8, 4) is 0 Å². The Morgan fingerprint density at radius 2 is 1.89 bits per heavy atom. The van der Waals surface area contributed by atoms with Crippen LogP contribution in [0.4, 0.5) is 0 Å². The first kappa shape index (κ1) is 22.9. The van der Waals surface area contributed by atoms with Gasteiger partial charge in [-0.2, -0.15) is 4.31 Å². The third-order valence-corrected chi connectivity index (χ3v) is 7.94. The molecule has 1 N–H and O–H groups in total. The Kier molecular flexibility index (Phi) is 8.50. The molecule has 158 valence electrons. The van der Waals surface area contributed by atoms with Gasteiger partial charge < -0.3 is 5.32 Å². The Morgan fingerprint density at radius 3 is 2.46 bits per heavy atom. The molecular formula is C22H36N2O3S. The van der Waals surface area contributed by atoms with Crippen LogP contribution in [0.1, 0.15) is 63.5 Å². The molecule has 0 bridgehead atoms. The lowest BCUT2D eigenvalue weighted by Gasteiger charge is -2.31. The summed E-state index contributed by atoms with van der Waals surface area (Å²) in [6, 6.07) is 5.43. The van der Waals surface area contributed by atoms with Crippen molar-refractivity contribution >= 4 is 15.9 Å². The van der Waals surface area contributed by atoms with Gasteiger partial charge >= 0.3 is 0 Å². The standard InChI is InChI=1S/C22H36N2O3S/c1-5-7-8-19(6-2)16-23-22(25)20-11-13-24(14-12-20)28(26,27)21-10-9-17(3)15-18(21)4/h9-10,15,19-20H,5-8,11-14,16H2,1-4H3,(H,23,25). The van der Waals surface area contributed by atoms with Gasteiger partial charge in [-0.05, 0) is 50.7 Å². The Bertz CT molecular complexity index is 753. The third-order valence-electron chi connectivity index (χ3n) is 5.88. The zero-order valence-corrected chi connectivity index (χ0v) is 18.6. The molecule has 0 aromatic heterocycles. The molecule has 1 aliphatic heterocycles. The molecule has 0 aliphatic carbocycles. The summed E-state index contributed by atoms with van der Waals surface area (Å²) < 4.78 is 27.5. The molecular weight excluding hydrogens is 372 g/mol. The van der Waals surface area contributed by atoms with Crippen LogP contribution in [0.5, 0.6) is 0 Å². The molecule has 1 saturated heterocycles. The molecule has 1 amide bonds. The van der Waals surface area contributed by atoms with Crippen molar-refractivity contribution in [3.05, 3.63) is 29.3 Å². The molecule has 1 heterocycles. The number of hydrogen-bond donors (Lipinski definition) is 1. The van der Waals surface area contributed by atoms with Crippen molar-refractivity contribution in [2.45, 2.75) is 71.1 Å². The van der Waals surface area contributed by atoms with E-state index in [1.54, 1.807) is 6.07 Å². The first-order valence-corrected chi connectivity index (χ1v) is 12.1. The minimum Gasteiger partial charge on any atom is -0.356 e. The van der Waals surface area contributed by atoms with Gasteiger partial charge in [0, 0.05) is 25.6 Å². The summed E-state index contributed by atoms with van der Waals surface area (Å²) in [6.07, 6.45) is 5.77. The van der Waals surface area contributed by atoms with Crippen molar-refractivity contribution in [2.75, 3.05) is 19.6 Å². The Balaban J connectivity index is 1.90. The molecule has 6 heteroatoms. The van der Waals surface area contributed by atoms with E-state index >= 15 is 0 Å². The fourth-order valence-corrected chi connectivity index (χ4v) is 5.59. The monoisotopic (exact) mass is 408 g/mol. The van der Waals surface area contributed by atoms with E-state index < -0.39 is 10.0 Å². The quantitative estimate of drug-likeness (QED) is 0.671. The molecule has 0 saturated carbocycles. The maximum Gasteiger partial charge on any atom is 0.243 e. The zero-order valence-electron chi connectivity index (χ0n) is 17.8. The normalized spacial score (nSPS) is 17.4. The van der Waals surface area contributed by atoms with Crippen molar-refractivity contribution in [3.63, 3.8) is 0 Å².